The van der Waals surface area contributed by atoms with Crippen LogP contribution in [0.1, 0.15) is 29.8 Å². The lowest BCUT2D eigenvalue weighted by Gasteiger charge is -1.92. The molecule has 0 aliphatic heterocycles. The maximum Gasteiger partial charge on any atom is 0.0667 e. The molecule has 0 radical (unpaired) electrons. The predicted octanol–water partition coefficient (Wildman–Crippen LogP) is 1.35. The summed E-state index contributed by atoms with van der Waals surface area (Å²) >= 11 is 0. The van der Waals surface area contributed by atoms with Crippen molar-refractivity contribution in [2.24, 2.45) is 0 Å². The van der Waals surface area contributed by atoms with Gasteiger partial charge in [-0.3, -0.25) is 5.10 Å². The number of aryl methyl sites for hydroxylation is 2. The molecule has 1 heterocycles. The first-order chi connectivity index (χ1) is 5.92. The molecular weight excluding hydrogens is 150 g/mol. The second-order valence-electron chi connectivity index (χ2n) is 3.14. The summed E-state index contributed by atoms with van der Waals surface area (Å²) in [6.07, 6.45) is 4.91. The van der Waals surface area contributed by atoms with E-state index in [1.54, 1.807) is 0 Å². The van der Waals surface area contributed by atoms with Gasteiger partial charge in [0.15, 0.2) is 0 Å². The molecule has 1 N–H and O–H groups in total. The number of hydrogen-bond acceptors (Lipinski definition) is 2. The molecule has 0 unspecified atom stereocenters. The van der Waals surface area contributed by atoms with Crippen LogP contribution in [0, 0.1) is 11.3 Å². The van der Waals surface area contributed by atoms with Gasteiger partial charge in [-0.05, 0) is 24.8 Å². The zero-order valence-corrected chi connectivity index (χ0v) is 6.93. The van der Waals surface area contributed by atoms with Crippen LogP contribution in [0.5, 0.6) is 0 Å². The molecule has 62 valence electrons. The van der Waals surface area contributed by atoms with Crippen LogP contribution in [-0.2, 0) is 19.3 Å². The molecule has 3 nitrogen and oxygen atoms in total. The fraction of sp³-hybridized carbons (Fsp3) is 0.556. The van der Waals surface area contributed by atoms with E-state index in [-0.39, 0.29) is 0 Å². The standard InChI is InChI=1S/C9H11N3/c10-6-2-5-9-7-3-1-4-8(7)11-12-9/h1-5H2,(H,11,12). The molecule has 1 aromatic rings. The third-order valence-corrected chi connectivity index (χ3v) is 2.37. The first-order valence-electron chi connectivity index (χ1n) is 4.34. The van der Waals surface area contributed by atoms with Crippen molar-refractivity contribution in [1.82, 2.24) is 10.2 Å². The zero-order valence-electron chi connectivity index (χ0n) is 6.93. The first-order valence-corrected chi connectivity index (χ1v) is 4.34. The van der Waals surface area contributed by atoms with Crippen LogP contribution in [0.15, 0.2) is 0 Å². The van der Waals surface area contributed by atoms with Gasteiger partial charge in [-0.2, -0.15) is 10.4 Å². The molecule has 1 aliphatic rings. The summed E-state index contributed by atoms with van der Waals surface area (Å²) in [5.41, 5.74) is 3.79. The molecule has 1 aliphatic carbocycles. The lowest BCUT2D eigenvalue weighted by molar-refractivity contribution is 0.828. The van der Waals surface area contributed by atoms with Gasteiger partial charge in [-0.15, -0.1) is 0 Å². The summed E-state index contributed by atoms with van der Waals surface area (Å²) < 4.78 is 0. The Kier molecular flexibility index (Phi) is 1.83. The average Bonchev–Trinajstić information content (AvgIpc) is 2.62. The van der Waals surface area contributed by atoms with Crippen molar-refractivity contribution in [2.75, 3.05) is 0 Å². The van der Waals surface area contributed by atoms with Gasteiger partial charge in [0, 0.05) is 18.5 Å². The van der Waals surface area contributed by atoms with Crippen LogP contribution >= 0.6 is 0 Å². The minimum Gasteiger partial charge on any atom is -0.282 e. The van der Waals surface area contributed by atoms with Crippen LogP contribution < -0.4 is 0 Å². The van der Waals surface area contributed by atoms with Gasteiger partial charge >= 0.3 is 0 Å². The number of fused-ring (bicyclic) bond motifs is 1. The highest BCUT2D eigenvalue weighted by molar-refractivity contribution is 5.29. The van der Waals surface area contributed by atoms with E-state index >= 15 is 0 Å². The summed E-state index contributed by atoms with van der Waals surface area (Å²) in [5.74, 6) is 0. The summed E-state index contributed by atoms with van der Waals surface area (Å²) in [6, 6.07) is 2.14. The number of nitrogens with one attached hydrogen (secondary N) is 1. The van der Waals surface area contributed by atoms with Crippen molar-refractivity contribution in [2.45, 2.75) is 32.1 Å². The van der Waals surface area contributed by atoms with Gasteiger partial charge in [-0.25, -0.2) is 0 Å². The molecule has 0 amide bonds. The fourth-order valence-electron chi connectivity index (χ4n) is 1.77. The minimum absolute atomic E-state index is 0.581. The van der Waals surface area contributed by atoms with Gasteiger partial charge in [0.05, 0.1) is 11.8 Å². The molecule has 0 saturated heterocycles. The van der Waals surface area contributed by atoms with Crippen LogP contribution in [0.25, 0.3) is 0 Å². The van der Waals surface area contributed by atoms with Crippen molar-refractivity contribution in [3.05, 3.63) is 17.0 Å². The van der Waals surface area contributed by atoms with Crippen LogP contribution in [0.4, 0.5) is 0 Å². The Morgan fingerprint density at radius 3 is 3.25 bits per heavy atom. The Hall–Kier alpha value is -1.30. The third-order valence-electron chi connectivity index (χ3n) is 2.37. The van der Waals surface area contributed by atoms with E-state index in [4.69, 9.17) is 5.26 Å². The molecule has 1 aromatic heterocycles. The summed E-state index contributed by atoms with van der Waals surface area (Å²) in [6.45, 7) is 0. The summed E-state index contributed by atoms with van der Waals surface area (Å²) in [4.78, 5) is 0. The van der Waals surface area contributed by atoms with E-state index in [0.717, 1.165) is 25.0 Å². The lowest BCUT2D eigenvalue weighted by Crippen LogP contribution is -1.89. The summed E-state index contributed by atoms with van der Waals surface area (Å²) in [7, 11) is 0. The number of nitriles is 1. The topological polar surface area (TPSA) is 52.5 Å². The number of H-pyrrole nitrogens is 1. The van der Waals surface area contributed by atoms with Crippen LogP contribution in [0.2, 0.25) is 0 Å². The Morgan fingerprint density at radius 1 is 1.50 bits per heavy atom. The molecule has 2 rings (SSSR count). The third kappa shape index (κ3) is 1.10. The molecule has 12 heavy (non-hydrogen) atoms. The van der Waals surface area contributed by atoms with E-state index in [2.05, 4.69) is 16.3 Å². The molecule has 0 aromatic carbocycles. The van der Waals surface area contributed by atoms with E-state index < -0.39 is 0 Å². The Balaban J connectivity index is 2.17. The highest BCUT2D eigenvalue weighted by Crippen LogP contribution is 2.23. The van der Waals surface area contributed by atoms with E-state index in [1.807, 2.05) is 0 Å². The Bertz CT molecular complexity index is 319. The zero-order chi connectivity index (χ0) is 8.39. The number of aromatic nitrogens is 2. The molecule has 0 atom stereocenters. The normalized spacial score (nSPS) is 14.2. The maximum atomic E-state index is 8.43. The van der Waals surface area contributed by atoms with Gasteiger partial charge in [-0.1, -0.05) is 0 Å². The van der Waals surface area contributed by atoms with Crippen molar-refractivity contribution in [1.29, 1.82) is 5.26 Å². The van der Waals surface area contributed by atoms with Crippen LogP contribution in [-0.4, -0.2) is 10.2 Å². The smallest absolute Gasteiger partial charge is 0.0667 e. The highest BCUT2D eigenvalue weighted by Gasteiger charge is 2.17. The number of nitrogens with zero attached hydrogens (tertiary/aromatic N) is 2. The first kappa shape index (κ1) is 7.35. The number of aromatic amines is 1. The predicted molar refractivity (Wildman–Crippen MR) is 44.5 cm³/mol. The number of hydrogen-bond donors (Lipinski definition) is 1. The molecule has 0 spiro atoms. The van der Waals surface area contributed by atoms with Crippen LogP contribution in [0.3, 0.4) is 0 Å². The van der Waals surface area contributed by atoms with Gasteiger partial charge in [0.1, 0.15) is 0 Å². The van der Waals surface area contributed by atoms with Crippen molar-refractivity contribution in [3.8, 4) is 6.07 Å². The van der Waals surface area contributed by atoms with E-state index in [1.165, 1.54) is 17.7 Å². The molecule has 0 bridgehead atoms. The largest absolute Gasteiger partial charge is 0.282 e. The fourth-order valence-corrected chi connectivity index (χ4v) is 1.77. The van der Waals surface area contributed by atoms with Crippen molar-refractivity contribution < 1.29 is 0 Å². The van der Waals surface area contributed by atoms with E-state index in [9.17, 15) is 0 Å². The molecule has 3 heteroatoms. The Labute approximate surface area is 71.4 Å². The minimum atomic E-state index is 0.581. The van der Waals surface area contributed by atoms with Crippen molar-refractivity contribution >= 4 is 0 Å². The highest BCUT2D eigenvalue weighted by atomic mass is 15.1. The quantitative estimate of drug-likeness (QED) is 0.711. The Morgan fingerprint density at radius 2 is 2.42 bits per heavy atom. The van der Waals surface area contributed by atoms with Gasteiger partial charge in [0.2, 0.25) is 0 Å². The second kappa shape index (κ2) is 2.98. The second-order valence-corrected chi connectivity index (χ2v) is 3.14. The van der Waals surface area contributed by atoms with Crippen molar-refractivity contribution in [3.63, 3.8) is 0 Å². The SMILES string of the molecule is N#CCCc1n[nH]c2c1CCC2. The van der Waals surface area contributed by atoms with E-state index in [0.29, 0.717) is 6.42 Å². The maximum absolute atomic E-state index is 8.43. The lowest BCUT2D eigenvalue weighted by atomic mass is 10.1. The molecule has 0 saturated carbocycles. The van der Waals surface area contributed by atoms with Gasteiger partial charge < -0.3 is 0 Å². The monoisotopic (exact) mass is 161 g/mol. The number of rotatable bonds is 2. The van der Waals surface area contributed by atoms with Gasteiger partial charge in [0.25, 0.3) is 0 Å². The summed E-state index contributed by atoms with van der Waals surface area (Å²) in [5, 5.41) is 15.7. The average molecular weight is 161 g/mol. The molecule has 0 fully saturated rings. The molecular formula is C9H11N3.